The molecule has 0 rings (SSSR count). The van der Waals surface area contributed by atoms with E-state index in [-0.39, 0.29) is 0 Å². The monoisotopic (exact) mass is 197 g/mol. The topological polar surface area (TPSA) is 38.3 Å². The molecular formula is C7H10F3NO2. The van der Waals surface area contributed by atoms with E-state index in [1.165, 1.54) is 7.05 Å². The summed E-state index contributed by atoms with van der Waals surface area (Å²) in [4.78, 5) is 10.5. The summed E-state index contributed by atoms with van der Waals surface area (Å²) in [6.45, 7) is 2.32. The van der Waals surface area contributed by atoms with Gasteiger partial charge in [0.25, 0.3) is 0 Å². The van der Waals surface area contributed by atoms with Gasteiger partial charge >= 0.3 is 6.18 Å². The molecule has 0 heterocycles. The molecule has 0 radical (unpaired) electrons. The molecule has 0 aromatic rings. The third-order valence-corrected chi connectivity index (χ3v) is 1.21. The Balaban J connectivity index is 4.01. The third kappa shape index (κ3) is 4.51. The van der Waals surface area contributed by atoms with Crippen LogP contribution in [0.5, 0.6) is 0 Å². The van der Waals surface area contributed by atoms with Gasteiger partial charge in [0.05, 0.1) is 0 Å². The minimum absolute atomic E-state index is 0.600. The fourth-order valence-corrected chi connectivity index (χ4v) is 0.534. The Morgan fingerprint density at radius 3 is 2.54 bits per heavy atom. The first-order valence-electron chi connectivity index (χ1n) is 3.43. The summed E-state index contributed by atoms with van der Waals surface area (Å²) in [6.07, 6.45) is -6.01. The fourth-order valence-electron chi connectivity index (χ4n) is 0.534. The van der Waals surface area contributed by atoms with Gasteiger partial charge in [-0.25, -0.2) is 0 Å². The lowest BCUT2D eigenvalue weighted by atomic mass is 10.3. The number of hydrogen-bond acceptors (Lipinski definition) is 2. The van der Waals surface area contributed by atoms with Gasteiger partial charge in [0.15, 0.2) is 6.10 Å². The Bertz CT molecular complexity index is 191. The van der Waals surface area contributed by atoms with Gasteiger partial charge in [-0.1, -0.05) is 6.08 Å². The van der Waals surface area contributed by atoms with E-state index < -0.39 is 24.8 Å². The van der Waals surface area contributed by atoms with Gasteiger partial charge in [0.1, 0.15) is 6.61 Å². The van der Waals surface area contributed by atoms with Gasteiger partial charge < -0.3 is 10.1 Å². The highest BCUT2D eigenvalue weighted by atomic mass is 19.4. The lowest BCUT2D eigenvalue weighted by Crippen LogP contribution is -2.34. The fraction of sp³-hybridized carbons (Fsp3) is 0.571. The molecule has 13 heavy (non-hydrogen) atoms. The maximum Gasteiger partial charge on any atom is 0.418 e. The van der Waals surface area contributed by atoms with Gasteiger partial charge in [-0.3, -0.25) is 4.79 Å². The van der Waals surface area contributed by atoms with Crippen molar-refractivity contribution >= 4 is 5.91 Å². The molecule has 1 atom stereocenters. The predicted octanol–water partition coefficient (Wildman–Crippen LogP) is 0.866. The van der Waals surface area contributed by atoms with Gasteiger partial charge in [-0.05, 0) is 0 Å². The quantitative estimate of drug-likeness (QED) is 0.679. The molecular weight excluding hydrogens is 187 g/mol. The molecule has 1 amide bonds. The van der Waals surface area contributed by atoms with Crippen LogP contribution in [0.4, 0.5) is 13.2 Å². The lowest BCUT2D eigenvalue weighted by Gasteiger charge is -2.16. The first-order valence-corrected chi connectivity index (χ1v) is 3.43. The van der Waals surface area contributed by atoms with Crippen LogP contribution in [0, 0.1) is 0 Å². The van der Waals surface area contributed by atoms with Crippen molar-refractivity contribution in [2.45, 2.75) is 12.3 Å². The SMILES string of the molecule is C=CC(OCC(=O)NC)C(F)(F)F. The van der Waals surface area contributed by atoms with Gasteiger partial charge in [-0.2, -0.15) is 13.2 Å². The predicted molar refractivity (Wildman–Crippen MR) is 40.1 cm³/mol. The molecule has 76 valence electrons. The molecule has 0 aromatic heterocycles. The van der Waals surface area contributed by atoms with E-state index in [1.807, 2.05) is 0 Å². The standard InChI is InChI=1S/C7H10F3NO2/c1-3-5(7(8,9)10)13-4-6(12)11-2/h3,5H,1,4H2,2H3,(H,11,12). The summed E-state index contributed by atoms with van der Waals surface area (Å²) in [6, 6.07) is 0. The average molecular weight is 197 g/mol. The summed E-state index contributed by atoms with van der Waals surface area (Å²) in [5, 5.41) is 2.13. The molecule has 0 saturated carbocycles. The maximum absolute atomic E-state index is 11.9. The van der Waals surface area contributed by atoms with Crippen LogP contribution in [-0.2, 0) is 9.53 Å². The summed E-state index contributed by atoms with van der Waals surface area (Å²) in [5.41, 5.74) is 0. The highest BCUT2D eigenvalue weighted by molar-refractivity contribution is 5.76. The highest BCUT2D eigenvalue weighted by Crippen LogP contribution is 2.23. The lowest BCUT2D eigenvalue weighted by molar-refractivity contribution is -0.203. The van der Waals surface area contributed by atoms with Crippen LogP contribution >= 0.6 is 0 Å². The number of rotatable bonds is 4. The molecule has 1 N–H and O–H groups in total. The Labute approximate surface area is 73.6 Å². The highest BCUT2D eigenvalue weighted by Gasteiger charge is 2.38. The number of halogens is 3. The van der Waals surface area contributed by atoms with E-state index in [4.69, 9.17) is 0 Å². The number of carbonyl (C=O) groups is 1. The summed E-state index contributed by atoms with van der Waals surface area (Å²) in [7, 11) is 1.31. The molecule has 0 aliphatic rings. The van der Waals surface area contributed by atoms with Gasteiger partial charge in [-0.15, -0.1) is 6.58 Å². The number of ether oxygens (including phenoxy) is 1. The van der Waals surface area contributed by atoms with Crippen LogP contribution in [0.3, 0.4) is 0 Å². The zero-order chi connectivity index (χ0) is 10.5. The molecule has 0 saturated heterocycles. The number of alkyl halides is 3. The van der Waals surface area contributed by atoms with Crippen molar-refractivity contribution in [3.8, 4) is 0 Å². The van der Waals surface area contributed by atoms with Crippen molar-refractivity contribution in [2.75, 3.05) is 13.7 Å². The van der Waals surface area contributed by atoms with Crippen molar-refractivity contribution in [1.82, 2.24) is 5.32 Å². The molecule has 0 aliphatic carbocycles. The molecule has 1 unspecified atom stereocenters. The summed E-state index contributed by atoms with van der Waals surface area (Å²) < 4.78 is 40.1. The van der Waals surface area contributed by atoms with Crippen molar-refractivity contribution in [3.05, 3.63) is 12.7 Å². The van der Waals surface area contributed by atoms with Gasteiger partial charge in [0, 0.05) is 7.05 Å². The second kappa shape index (κ2) is 4.86. The van der Waals surface area contributed by atoms with E-state index in [2.05, 4.69) is 16.6 Å². The van der Waals surface area contributed by atoms with Crippen LogP contribution in [0.2, 0.25) is 0 Å². The van der Waals surface area contributed by atoms with Crippen molar-refractivity contribution < 1.29 is 22.7 Å². The molecule has 3 nitrogen and oxygen atoms in total. The Morgan fingerprint density at radius 2 is 2.23 bits per heavy atom. The van der Waals surface area contributed by atoms with E-state index in [1.54, 1.807) is 0 Å². The molecule has 0 spiro atoms. The number of amides is 1. The number of hydrogen-bond donors (Lipinski definition) is 1. The molecule has 0 fully saturated rings. The van der Waals surface area contributed by atoms with E-state index >= 15 is 0 Å². The molecule has 0 bridgehead atoms. The average Bonchev–Trinajstić information content (AvgIpc) is 2.02. The maximum atomic E-state index is 11.9. The molecule has 0 aliphatic heterocycles. The number of nitrogens with one attached hydrogen (secondary N) is 1. The van der Waals surface area contributed by atoms with E-state index in [0.717, 1.165) is 0 Å². The van der Waals surface area contributed by atoms with Crippen molar-refractivity contribution in [3.63, 3.8) is 0 Å². The number of carbonyl (C=O) groups excluding carboxylic acids is 1. The second-order valence-corrected chi connectivity index (χ2v) is 2.18. The van der Waals surface area contributed by atoms with Crippen LogP contribution in [0.25, 0.3) is 0 Å². The van der Waals surface area contributed by atoms with Gasteiger partial charge in [0.2, 0.25) is 5.91 Å². The minimum atomic E-state index is -4.52. The Kier molecular flexibility index (Phi) is 4.47. The number of likely N-dealkylation sites (N-methyl/N-ethyl adjacent to an activating group) is 1. The normalized spacial score (nSPS) is 13.5. The summed E-state index contributed by atoms with van der Waals surface area (Å²) in [5.74, 6) is -0.615. The minimum Gasteiger partial charge on any atom is -0.357 e. The Hall–Kier alpha value is -1.04. The van der Waals surface area contributed by atoms with Crippen LogP contribution in [0.1, 0.15) is 0 Å². The van der Waals surface area contributed by atoms with Crippen molar-refractivity contribution in [2.24, 2.45) is 0 Å². The first-order chi connectivity index (χ1) is 5.91. The summed E-state index contributed by atoms with van der Waals surface area (Å²) >= 11 is 0. The third-order valence-electron chi connectivity index (χ3n) is 1.21. The second-order valence-electron chi connectivity index (χ2n) is 2.18. The van der Waals surface area contributed by atoms with Crippen LogP contribution in [0.15, 0.2) is 12.7 Å². The van der Waals surface area contributed by atoms with Crippen LogP contribution in [-0.4, -0.2) is 31.8 Å². The smallest absolute Gasteiger partial charge is 0.357 e. The van der Waals surface area contributed by atoms with E-state index in [9.17, 15) is 18.0 Å². The van der Waals surface area contributed by atoms with Crippen molar-refractivity contribution in [1.29, 1.82) is 0 Å². The van der Waals surface area contributed by atoms with E-state index in [0.29, 0.717) is 6.08 Å². The largest absolute Gasteiger partial charge is 0.418 e. The van der Waals surface area contributed by atoms with Crippen LogP contribution < -0.4 is 5.32 Å². The molecule has 0 aromatic carbocycles. The first kappa shape index (κ1) is 12.0. The zero-order valence-corrected chi connectivity index (χ0v) is 7.02. The zero-order valence-electron chi connectivity index (χ0n) is 7.02. The Morgan fingerprint density at radius 1 is 1.69 bits per heavy atom. The molecule has 6 heteroatoms.